The lowest BCUT2D eigenvalue weighted by atomic mass is 9.79. The van der Waals surface area contributed by atoms with Crippen molar-refractivity contribution in [3.63, 3.8) is 0 Å². The van der Waals surface area contributed by atoms with Gasteiger partial charge in [0.15, 0.2) is 0 Å². The smallest absolute Gasteiger partial charge is 0.488 e. The molecule has 5 heteroatoms. The van der Waals surface area contributed by atoms with Crippen LogP contribution in [0.4, 0.5) is 0 Å². The second kappa shape index (κ2) is 5.68. The van der Waals surface area contributed by atoms with Crippen LogP contribution < -0.4 is 10.2 Å². The summed E-state index contributed by atoms with van der Waals surface area (Å²) in [6.07, 6.45) is 1.14. The Kier molecular flexibility index (Phi) is 4.52. The summed E-state index contributed by atoms with van der Waals surface area (Å²) >= 11 is 0. The second-order valence-electron chi connectivity index (χ2n) is 4.02. The highest BCUT2D eigenvalue weighted by atomic mass is 16.5. The summed E-state index contributed by atoms with van der Waals surface area (Å²) in [6, 6.07) is 4.76. The molecule has 0 radical (unpaired) electrons. The predicted octanol–water partition coefficient (Wildman–Crippen LogP) is 0.399. The summed E-state index contributed by atoms with van der Waals surface area (Å²) < 4.78 is 5.51. The molecule has 1 aromatic rings. The number of benzene rings is 1. The molecule has 0 spiro atoms. The Hall–Kier alpha value is -1.33. The van der Waals surface area contributed by atoms with Gasteiger partial charge in [-0.25, -0.2) is 0 Å². The van der Waals surface area contributed by atoms with E-state index in [2.05, 4.69) is 0 Å². The number of nitrogens with one attached hydrogen (secondary N) is 1. The highest BCUT2D eigenvalue weighted by molar-refractivity contribution is 6.58. The molecule has 0 bridgehead atoms. The SMILES string of the molecule is CC(C)COc1ccc(B(O)O)cc1C=N. The van der Waals surface area contributed by atoms with Crippen LogP contribution in [0.5, 0.6) is 5.75 Å². The summed E-state index contributed by atoms with van der Waals surface area (Å²) in [6.45, 7) is 4.65. The fraction of sp³-hybridized carbons (Fsp3) is 0.364. The molecule has 0 amide bonds. The first-order valence-corrected chi connectivity index (χ1v) is 5.18. The van der Waals surface area contributed by atoms with Gasteiger partial charge in [-0.2, -0.15) is 0 Å². The molecule has 3 N–H and O–H groups in total. The number of hydrogen-bond acceptors (Lipinski definition) is 4. The fourth-order valence-corrected chi connectivity index (χ4v) is 1.23. The van der Waals surface area contributed by atoms with Gasteiger partial charge in [-0.05, 0) is 23.5 Å². The van der Waals surface area contributed by atoms with Crippen molar-refractivity contribution in [1.82, 2.24) is 0 Å². The Morgan fingerprint density at radius 3 is 2.62 bits per heavy atom. The van der Waals surface area contributed by atoms with Crippen LogP contribution in [0.1, 0.15) is 19.4 Å². The first-order valence-electron chi connectivity index (χ1n) is 5.18. The minimum absolute atomic E-state index is 0.357. The van der Waals surface area contributed by atoms with E-state index in [4.69, 9.17) is 20.2 Å². The van der Waals surface area contributed by atoms with E-state index < -0.39 is 7.12 Å². The largest absolute Gasteiger partial charge is 0.493 e. The van der Waals surface area contributed by atoms with Crippen LogP contribution in [-0.2, 0) is 0 Å². The first kappa shape index (κ1) is 12.7. The van der Waals surface area contributed by atoms with Gasteiger partial charge in [-0.3, -0.25) is 0 Å². The molecule has 1 rings (SSSR count). The Balaban J connectivity index is 2.89. The summed E-state index contributed by atoms with van der Waals surface area (Å²) in [7, 11) is -1.52. The van der Waals surface area contributed by atoms with Gasteiger partial charge in [0.05, 0.1) is 6.61 Å². The highest BCUT2D eigenvalue weighted by Gasteiger charge is 2.13. The van der Waals surface area contributed by atoms with Gasteiger partial charge in [-0.1, -0.05) is 19.9 Å². The Morgan fingerprint density at radius 2 is 2.12 bits per heavy atom. The number of rotatable bonds is 5. The lowest BCUT2D eigenvalue weighted by Crippen LogP contribution is -2.30. The third-order valence-electron chi connectivity index (χ3n) is 2.06. The van der Waals surface area contributed by atoms with E-state index in [0.717, 1.165) is 6.21 Å². The summed E-state index contributed by atoms with van der Waals surface area (Å²) in [5.41, 5.74) is 0.904. The molecule has 0 aromatic heterocycles. The molecule has 0 heterocycles. The molecule has 0 atom stereocenters. The molecule has 0 saturated carbocycles. The predicted molar refractivity (Wildman–Crippen MR) is 64.5 cm³/mol. The standard InChI is InChI=1S/C11H16BNO3/c1-8(2)7-16-11-4-3-10(12(14)15)5-9(11)6-13/h3-6,8,13-15H,7H2,1-2H3. The molecule has 16 heavy (non-hydrogen) atoms. The average Bonchev–Trinajstić information content (AvgIpc) is 2.25. The number of ether oxygens (including phenoxy) is 1. The van der Waals surface area contributed by atoms with Crippen molar-refractivity contribution in [3.05, 3.63) is 23.8 Å². The van der Waals surface area contributed by atoms with Crippen LogP contribution in [0, 0.1) is 11.3 Å². The van der Waals surface area contributed by atoms with Gasteiger partial charge in [-0.15, -0.1) is 0 Å². The summed E-state index contributed by atoms with van der Waals surface area (Å²) in [5, 5.41) is 25.2. The monoisotopic (exact) mass is 221 g/mol. The van der Waals surface area contributed by atoms with Crippen LogP contribution in [0.3, 0.4) is 0 Å². The van der Waals surface area contributed by atoms with E-state index in [9.17, 15) is 0 Å². The first-order chi connectivity index (χ1) is 7.54. The van der Waals surface area contributed by atoms with E-state index in [1.807, 2.05) is 13.8 Å². The van der Waals surface area contributed by atoms with E-state index in [1.54, 1.807) is 12.1 Å². The van der Waals surface area contributed by atoms with E-state index in [0.29, 0.717) is 29.3 Å². The van der Waals surface area contributed by atoms with Gasteiger partial charge in [0.1, 0.15) is 5.75 Å². The molecule has 86 valence electrons. The van der Waals surface area contributed by atoms with Gasteiger partial charge >= 0.3 is 7.12 Å². The lowest BCUT2D eigenvalue weighted by Gasteiger charge is -2.12. The van der Waals surface area contributed by atoms with Crippen LogP contribution >= 0.6 is 0 Å². The normalized spacial score (nSPS) is 10.3. The van der Waals surface area contributed by atoms with Gasteiger partial charge in [0.2, 0.25) is 0 Å². The van der Waals surface area contributed by atoms with Gasteiger partial charge < -0.3 is 20.2 Å². The molecule has 0 aliphatic carbocycles. The molecule has 0 aliphatic heterocycles. The third-order valence-corrected chi connectivity index (χ3v) is 2.06. The molecular weight excluding hydrogens is 205 g/mol. The molecule has 0 unspecified atom stereocenters. The van der Waals surface area contributed by atoms with E-state index >= 15 is 0 Å². The maximum absolute atomic E-state index is 8.99. The quantitative estimate of drug-likeness (QED) is 0.497. The second-order valence-corrected chi connectivity index (χ2v) is 4.02. The zero-order chi connectivity index (χ0) is 12.1. The molecule has 0 aliphatic rings. The molecular formula is C11H16BNO3. The molecule has 0 fully saturated rings. The fourth-order valence-electron chi connectivity index (χ4n) is 1.23. The van der Waals surface area contributed by atoms with Crippen LogP contribution in [0.2, 0.25) is 0 Å². The third kappa shape index (κ3) is 3.36. The van der Waals surface area contributed by atoms with E-state index in [-0.39, 0.29) is 0 Å². The zero-order valence-electron chi connectivity index (χ0n) is 9.47. The minimum atomic E-state index is -1.52. The molecule has 4 nitrogen and oxygen atoms in total. The van der Waals surface area contributed by atoms with Crippen molar-refractivity contribution in [1.29, 1.82) is 5.41 Å². The average molecular weight is 221 g/mol. The zero-order valence-corrected chi connectivity index (χ0v) is 9.47. The van der Waals surface area contributed by atoms with E-state index in [1.165, 1.54) is 6.07 Å². The van der Waals surface area contributed by atoms with Crippen molar-refractivity contribution in [3.8, 4) is 5.75 Å². The number of hydrogen-bond donors (Lipinski definition) is 3. The van der Waals surface area contributed by atoms with Crippen molar-refractivity contribution in [2.75, 3.05) is 6.61 Å². The molecule has 0 saturated heterocycles. The Labute approximate surface area is 95.5 Å². The maximum atomic E-state index is 8.99. The topological polar surface area (TPSA) is 73.5 Å². The maximum Gasteiger partial charge on any atom is 0.488 e. The summed E-state index contributed by atoms with van der Waals surface area (Å²) in [5.74, 6) is 0.995. The van der Waals surface area contributed by atoms with Crippen molar-refractivity contribution < 1.29 is 14.8 Å². The Morgan fingerprint density at radius 1 is 1.44 bits per heavy atom. The highest BCUT2D eigenvalue weighted by Crippen LogP contribution is 2.15. The summed E-state index contributed by atoms with van der Waals surface area (Å²) in [4.78, 5) is 0. The van der Waals surface area contributed by atoms with Crippen molar-refractivity contribution in [2.45, 2.75) is 13.8 Å². The van der Waals surface area contributed by atoms with Gasteiger partial charge in [0, 0.05) is 11.8 Å². The van der Waals surface area contributed by atoms with Crippen molar-refractivity contribution >= 4 is 18.8 Å². The Bertz CT molecular complexity index is 366. The lowest BCUT2D eigenvalue weighted by molar-refractivity contribution is 0.271. The van der Waals surface area contributed by atoms with Gasteiger partial charge in [0.25, 0.3) is 0 Å². The van der Waals surface area contributed by atoms with Crippen molar-refractivity contribution in [2.24, 2.45) is 5.92 Å². The molecule has 1 aromatic carbocycles. The van der Waals surface area contributed by atoms with Crippen LogP contribution in [0.25, 0.3) is 0 Å². The van der Waals surface area contributed by atoms with Crippen LogP contribution in [-0.4, -0.2) is 30.0 Å². The minimum Gasteiger partial charge on any atom is -0.493 e. The van der Waals surface area contributed by atoms with Crippen LogP contribution in [0.15, 0.2) is 18.2 Å².